The zero-order valence-electron chi connectivity index (χ0n) is 10.9. The van der Waals surface area contributed by atoms with Gasteiger partial charge in [-0.1, -0.05) is 19.8 Å². The molecular weight excluding hydrogens is 214 g/mol. The maximum absolute atomic E-state index is 10.6. The minimum Gasteiger partial charge on any atom is -0.389 e. The number of aromatic nitrogens is 3. The Labute approximate surface area is 103 Å². The molecule has 4 nitrogen and oxygen atoms in total. The molecule has 0 spiro atoms. The Morgan fingerprint density at radius 2 is 2.18 bits per heavy atom. The van der Waals surface area contributed by atoms with Gasteiger partial charge in [0.05, 0.1) is 5.60 Å². The van der Waals surface area contributed by atoms with Crippen molar-refractivity contribution >= 4 is 0 Å². The number of rotatable bonds is 4. The molecule has 1 saturated carbocycles. The molecule has 1 aromatic heterocycles. The van der Waals surface area contributed by atoms with E-state index >= 15 is 0 Å². The van der Waals surface area contributed by atoms with E-state index in [1.54, 1.807) is 11.0 Å². The highest BCUT2D eigenvalue weighted by Crippen LogP contribution is 2.35. The van der Waals surface area contributed by atoms with Crippen molar-refractivity contribution in [2.75, 3.05) is 0 Å². The van der Waals surface area contributed by atoms with Crippen LogP contribution in [0.2, 0.25) is 0 Å². The second-order valence-corrected chi connectivity index (χ2v) is 5.43. The minimum atomic E-state index is -0.551. The summed E-state index contributed by atoms with van der Waals surface area (Å²) < 4.78 is 1.76. The van der Waals surface area contributed by atoms with E-state index < -0.39 is 5.60 Å². The van der Waals surface area contributed by atoms with E-state index in [4.69, 9.17) is 0 Å². The first-order valence-corrected chi connectivity index (χ1v) is 6.68. The molecule has 0 atom stereocenters. The number of aryl methyl sites for hydroxylation is 1. The van der Waals surface area contributed by atoms with Crippen molar-refractivity contribution in [1.29, 1.82) is 0 Å². The molecule has 1 aromatic rings. The van der Waals surface area contributed by atoms with Gasteiger partial charge in [0.1, 0.15) is 12.2 Å². The Morgan fingerprint density at radius 1 is 1.47 bits per heavy atom. The summed E-state index contributed by atoms with van der Waals surface area (Å²) in [6.07, 6.45) is 8.88. The Kier molecular flexibility index (Phi) is 3.82. The number of hydrogen-bond donors (Lipinski definition) is 1. The molecule has 1 heterocycles. The van der Waals surface area contributed by atoms with Gasteiger partial charge in [-0.3, -0.25) is 4.68 Å². The predicted molar refractivity (Wildman–Crippen MR) is 66.5 cm³/mol. The molecule has 0 amide bonds. The normalized spacial score (nSPS) is 29.5. The van der Waals surface area contributed by atoms with Crippen LogP contribution < -0.4 is 0 Å². The molecular formula is C13H23N3O. The van der Waals surface area contributed by atoms with Crippen LogP contribution in [0, 0.1) is 5.92 Å². The van der Waals surface area contributed by atoms with Crippen LogP contribution in [0.1, 0.15) is 51.3 Å². The Hall–Kier alpha value is -0.900. The van der Waals surface area contributed by atoms with Gasteiger partial charge in [0, 0.05) is 13.5 Å². The molecule has 0 radical (unpaired) electrons. The van der Waals surface area contributed by atoms with E-state index in [1.807, 2.05) is 7.05 Å². The average molecular weight is 237 g/mol. The fraction of sp³-hybridized carbons (Fsp3) is 0.846. The van der Waals surface area contributed by atoms with Crippen molar-refractivity contribution in [3.63, 3.8) is 0 Å². The van der Waals surface area contributed by atoms with Crippen LogP contribution in [-0.4, -0.2) is 25.5 Å². The van der Waals surface area contributed by atoms with Gasteiger partial charge in [-0.2, -0.15) is 5.10 Å². The SMILES string of the molecule is CCCC1CCC(O)(Cc2ncnn2C)CC1. The smallest absolute Gasteiger partial charge is 0.138 e. The van der Waals surface area contributed by atoms with Gasteiger partial charge in [-0.25, -0.2) is 4.98 Å². The molecule has 1 aliphatic carbocycles. The van der Waals surface area contributed by atoms with Crippen molar-refractivity contribution in [2.24, 2.45) is 13.0 Å². The maximum Gasteiger partial charge on any atom is 0.138 e. The van der Waals surface area contributed by atoms with Gasteiger partial charge in [0.25, 0.3) is 0 Å². The van der Waals surface area contributed by atoms with Gasteiger partial charge in [0.15, 0.2) is 0 Å². The molecule has 0 aromatic carbocycles. The van der Waals surface area contributed by atoms with Gasteiger partial charge in [0.2, 0.25) is 0 Å². The van der Waals surface area contributed by atoms with Crippen molar-refractivity contribution < 1.29 is 5.11 Å². The summed E-state index contributed by atoms with van der Waals surface area (Å²) in [5.41, 5.74) is -0.551. The molecule has 1 N–H and O–H groups in total. The Bertz CT molecular complexity index is 353. The average Bonchev–Trinajstić information content (AvgIpc) is 2.68. The van der Waals surface area contributed by atoms with Crippen LogP contribution in [0.4, 0.5) is 0 Å². The summed E-state index contributed by atoms with van der Waals surface area (Å²) in [6.45, 7) is 2.24. The van der Waals surface area contributed by atoms with Crippen molar-refractivity contribution in [2.45, 2.75) is 57.5 Å². The van der Waals surface area contributed by atoms with Crippen LogP contribution >= 0.6 is 0 Å². The molecule has 0 saturated heterocycles. The third-order valence-electron chi connectivity index (χ3n) is 4.03. The highest BCUT2D eigenvalue weighted by molar-refractivity contribution is 4.96. The first-order valence-electron chi connectivity index (χ1n) is 6.68. The fourth-order valence-electron chi connectivity index (χ4n) is 2.86. The van der Waals surface area contributed by atoms with Crippen LogP contribution in [0.3, 0.4) is 0 Å². The largest absolute Gasteiger partial charge is 0.389 e. The summed E-state index contributed by atoms with van der Waals surface area (Å²) in [5, 5.41) is 14.6. The molecule has 0 aliphatic heterocycles. The van der Waals surface area contributed by atoms with Crippen LogP contribution in [0.5, 0.6) is 0 Å². The van der Waals surface area contributed by atoms with Crippen molar-refractivity contribution in [1.82, 2.24) is 14.8 Å². The van der Waals surface area contributed by atoms with Crippen molar-refractivity contribution in [3.05, 3.63) is 12.2 Å². The topological polar surface area (TPSA) is 50.9 Å². The van der Waals surface area contributed by atoms with Gasteiger partial charge in [-0.15, -0.1) is 0 Å². The standard InChI is InChI=1S/C13H23N3O/c1-3-4-11-5-7-13(17,8-6-11)9-12-14-10-15-16(12)2/h10-11,17H,3-9H2,1-2H3. The summed E-state index contributed by atoms with van der Waals surface area (Å²) in [6, 6.07) is 0. The lowest BCUT2D eigenvalue weighted by atomic mass is 9.75. The Morgan fingerprint density at radius 3 is 2.71 bits per heavy atom. The number of aliphatic hydroxyl groups is 1. The third kappa shape index (κ3) is 3.06. The maximum atomic E-state index is 10.6. The summed E-state index contributed by atoms with van der Waals surface area (Å²) in [7, 11) is 1.88. The second kappa shape index (κ2) is 5.17. The molecule has 4 heteroatoms. The molecule has 96 valence electrons. The van der Waals surface area contributed by atoms with Gasteiger partial charge < -0.3 is 5.11 Å². The van der Waals surface area contributed by atoms with Crippen molar-refractivity contribution in [3.8, 4) is 0 Å². The minimum absolute atomic E-state index is 0.551. The van der Waals surface area contributed by atoms with E-state index in [0.29, 0.717) is 6.42 Å². The van der Waals surface area contributed by atoms with Gasteiger partial charge >= 0.3 is 0 Å². The first-order chi connectivity index (χ1) is 8.13. The summed E-state index contributed by atoms with van der Waals surface area (Å²) in [4.78, 5) is 4.20. The quantitative estimate of drug-likeness (QED) is 0.872. The van der Waals surface area contributed by atoms with E-state index in [-0.39, 0.29) is 0 Å². The highest BCUT2D eigenvalue weighted by Gasteiger charge is 2.34. The molecule has 0 unspecified atom stereocenters. The molecule has 17 heavy (non-hydrogen) atoms. The molecule has 1 fully saturated rings. The summed E-state index contributed by atoms with van der Waals surface area (Å²) in [5.74, 6) is 1.71. The third-order valence-corrected chi connectivity index (χ3v) is 4.03. The Balaban J connectivity index is 1.91. The van der Waals surface area contributed by atoms with Gasteiger partial charge in [-0.05, 0) is 31.6 Å². The lowest BCUT2D eigenvalue weighted by Gasteiger charge is -2.35. The van der Waals surface area contributed by atoms with E-state index in [1.165, 1.54) is 12.8 Å². The summed E-state index contributed by atoms with van der Waals surface area (Å²) >= 11 is 0. The van der Waals surface area contributed by atoms with E-state index in [2.05, 4.69) is 17.0 Å². The molecule has 1 aliphatic rings. The van der Waals surface area contributed by atoms with E-state index in [0.717, 1.165) is 37.4 Å². The zero-order valence-corrected chi connectivity index (χ0v) is 10.9. The lowest BCUT2D eigenvalue weighted by Crippen LogP contribution is -2.37. The van der Waals surface area contributed by atoms with Crippen LogP contribution in [-0.2, 0) is 13.5 Å². The van der Waals surface area contributed by atoms with E-state index in [9.17, 15) is 5.11 Å². The lowest BCUT2D eigenvalue weighted by molar-refractivity contribution is -0.0121. The zero-order chi connectivity index (χ0) is 12.3. The first kappa shape index (κ1) is 12.6. The number of nitrogens with zero attached hydrogens (tertiary/aromatic N) is 3. The molecule has 0 bridgehead atoms. The van der Waals surface area contributed by atoms with Crippen LogP contribution in [0.15, 0.2) is 6.33 Å². The highest BCUT2D eigenvalue weighted by atomic mass is 16.3. The van der Waals surface area contributed by atoms with Crippen LogP contribution in [0.25, 0.3) is 0 Å². The predicted octanol–water partition coefficient (Wildman–Crippen LogP) is 2.08. The second-order valence-electron chi connectivity index (χ2n) is 5.43. The monoisotopic (exact) mass is 237 g/mol. The number of hydrogen-bond acceptors (Lipinski definition) is 3. The molecule has 2 rings (SSSR count). The fourth-order valence-corrected chi connectivity index (χ4v) is 2.86.